The van der Waals surface area contributed by atoms with Crippen molar-refractivity contribution in [3.05, 3.63) is 35.8 Å². The zero-order valence-electron chi connectivity index (χ0n) is 14.8. The SMILES string of the molecule is COc1ccc2nc(CCCC3(C(=O)NO)CCNCC3)c(F)cc2c1. The van der Waals surface area contributed by atoms with E-state index < -0.39 is 5.41 Å². The number of aromatic nitrogens is 1. The molecule has 1 aliphatic heterocycles. The molecule has 0 saturated carbocycles. The molecular weight excluding hydrogens is 337 g/mol. The number of benzene rings is 1. The number of carbonyl (C=O) groups is 1. The van der Waals surface area contributed by atoms with E-state index in [1.165, 1.54) is 6.07 Å². The van der Waals surface area contributed by atoms with Crippen LogP contribution < -0.4 is 15.5 Å². The van der Waals surface area contributed by atoms with Gasteiger partial charge in [-0.25, -0.2) is 14.9 Å². The number of methoxy groups -OCH3 is 1. The minimum Gasteiger partial charge on any atom is -0.497 e. The number of piperidine rings is 1. The average molecular weight is 361 g/mol. The van der Waals surface area contributed by atoms with Crippen molar-refractivity contribution in [1.82, 2.24) is 15.8 Å². The van der Waals surface area contributed by atoms with Gasteiger partial charge >= 0.3 is 0 Å². The number of carbonyl (C=O) groups excluding carboxylic acids is 1. The second-order valence-corrected chi connectivity index (χ2v) is 6.80. The van der Waals surface area contributed by atoms with E-state index in [2.05, 4.69) is 10.3 Å². The Morgan fingerprint density at radius 2 is 2.15 bits per heavy atom. The van der Waals surface area contributed by atoms with Crippen LogP contribution in [0.1, 0.15) is 31.4 Å². The third kappa shape index (κ3) is 3.78. The number of hydrogen-bond acceptors (Lipinski definition) is 5. The number of halogens is 1. The predicted octanol–water partition coefficient (Wildman–Crippen LogP) is 2.58. The van der Waals surface area contributed by atoms with Crippen LogP contribution in [-0.4, -0.2) is 36.3 Å². The first-order valence-electron chi connectivity index (χ1n) is 8.86. The number of nitrogens with zero attached hydrogens (tertiary/aromatic N) is 1. The van der Waals surface area contributed by atoms with E-state index in [9.17, 15) is 9.18 Å². The third-order valence-electron chi connectivity index (χ3n) is 5.26. The Labute approximate surface area is 151 Å². The molecule has 26 heavy (non-hydrogen) atoms. The average Bonchev–Trinajstić information content (AvgIpc) is 2.68. The molecule has 0 unspecified atom stereocenters. The number of aryl methyl sites for hydroxylation is 1. The quantitative estimate of drug-likeness (QED) is 0.544. The van der Waals surface area contributed by atoms with Crippen LogP contribution in [0, 0.1) is 11.2 Å². The van der Waals surface area contributed by atoms with Gasteiger partial charge in [-0.2, -0.15) is 0 Å². The number of hydroxylamine groups is 1. The van der Waals surface area contributed by atoms with Crippen molar-refractivity contribution in [3.8, 4) is 5.75 Å². The van der Waals surface area contributed by atoms with Gasteiger partial charge < -0.3 is 10.1 Å². The van der Waals surface area contributed by atoms with Crippen LogP contribution in [0.3, 0.4) is 0 Å². The molecule has 0 atom stereocenters. The highest BCUT2D eigenvalue weighted by Crippen LogP contribution is 2.35. The molecule has 7 heteroatoms. The van der Waals surface area contributed by atoms with Crippen molar-refractivity contribution in [3.63, 3.8) is 0 Å². The lowest BCUT2D eigenvalue weighted by Gasteiger charge is -2.35. The largest absolute Gasteiger partial charge is 0.497 e. The molecule has 3 rings (SSSR count). The van der Waals surface area contributed by atoms with Crippen LogP contribution in [0.5, 0.6) is 5.75 Å². The summed E-state index contributed by atoms with van der Waals surface area (Å²) in [6, 6.07) is 6.84. The molecule has 1 amide bonds. The van der Waals surface area contributed by atoms with Crippen LogP contribution in [0.4, 0.5) is 4.39 Å². The van der Waals surface area contributed by atoms with Gasteiger partial charge in [0.2, 0.25) is 5.91 Å². The smallest absolute Gasteiger partial charge is 0.249 e. The van der Waals surface area contributed by atoms with E-state index in [1.54, 1.807) is 24.7 Å². The molecule has 140 valence electrons. The number of hydrogen-bond donors (Lipinski definition) is 3. The Morgan fingerprint density at radius 3 is 2.85 bits per heavy atom. The summed E-state index contributed by atoms with van der Waals surface area (Å²) in [6.45, 7) is 1.47. The summed E-state index contributed by atoms with van der Waals surface area (Å²) in [5.74, 6) is -0.0379. The van der Waals surface area contributed by atoms with Gasteiger partial charge in [-0.05, 0) is 69.5 Å². The van der Waals surface area contributed by atoms with Crippen molar-refractivity contribution in [2.24, 2.45) is 5.41 Å². The van der Waals surface area contributed by atoms with E-state index in [0.29, 0.717) is 54.5 Å². The Morgan fingerprint density at radius 1 is 1.38 bits per heavy atom. The lowest BCUT2D eigenvalue weighted by atomic mass is 9.74. The number of ether oxygens (including phenoxy) is 1. The molecule has 1 fully saturated rings. The molecule has 1 aromatic carbocycles. The van der Waals surface area contributed by atoms with Gasteiger partial charge in [0.1, 0.15) is 11.6 Å². The van der Waals surface area contributed by atoms with Crippen molar-refractivity contribution in [2.75, 3.05) is 20.2 Å². The Kier molecular flexibility index (Phi) is 5.68. The summed E-state index contributed by atoms with van der Waals surface area (Å²) < 4.78 is 19.6. The minimum absolute atomic E-state index is 0.349. The topological polar surface area (TPSA) is 83.5 Å². The number of pyridine rings is 1. The first-order valence-corrected chi connectivity index (χ1v) is 8.86. The zero-order valence-corrected chi connectivity index (χ0v) is 14.8. The number of fused-ring (bicyclic) bond motifs is 1. The van der Waals surface area contributed by atoms with Gasteiger partial charge in [-0.15, -0.1) is 0 Å². The van der Waals surface area contributed by atoms with E-state index in [4.69, 9.17) is 9.94 Å². The number of amides is 1. The molecule has 3 N–H and O–H groups in total. The fraction of sp³-hybridized carbons (Fsp3) is 0.474. The van der Waals surface area contributed by atoms with Gasteiger partial charge in [0, 0.05) is 5.39 Å². The maximum absolute atomic E-state index is 14.4. The summed E-state index contributed by atoms with van der Waals surface area (Å²) in [6.07, 6.45) is 2.98. The van der Waals surface area contributed by atoms with E-state index >= 15 is 0 Å². The van der Waals surface area contributed by atoms with Crippen LogP contribution in [-0.2, 0) is 11.2 Å². The van der Waals surface area contributed by atoms with Crippen molar-refractivity contribution >= 4 is 16.8 Å². The van der Waals surface area contributed by atoms with Gasteiger partial charge in [-0.3, -0.25) is 10.0 Å². The van der Waals surface area contributed by atoms with E-state index in [1.807, 2.05) is 6.07 Å². The molecule has 0 spiro atoms. The fourth-order valence-electron chi connectivity index (χ4n) is 3.68. The summed E-state index contributed by atoms with van der Waals surface area (Å²) >= 11 is 0. The fourth-order valence-corrected chi connectivity index (χ4v) is 3.68. The van der Waals surface area contributed by atoms with Crippen molar-refractivity contribution < 1.29 is 19.1 Å². The predicted molar refractivity (Wildman–Crippen MR) is 95.7 cm³/mol. The van der Waals surface area contributed by atoms with Crippen LogP contribution >= 0.6 is 0 Å². The molecule has 2 heterocycles. The molecule has 1 saturated heterocycles. The lowest BCUT2D eigenvalue weighted by molar-refractivity contribution is -0.142. The van der Waals surface area contributed by atoms with Gasteiger partial charge in [0.25, 0.3) is 0 Å². The summed E-state index contributed by atoms with van der Waals surface area (Å²) in [5.41, 5.74) is 2.32. The molecule has 1 aliphatic rings. The first kappa shape index (κ1) is 18.5. The van der Waals surface area contributed by atoms with Crippen LogP contribution in [0.15, 0.2) is 24.3 Å². The molecular formula is C19H24FN3O3. The second kappa shape index (κ2) is 7.97. The third-order valence-corrected chi connectivity index (χ3v) is 5.26. The standard InChI is InChI=1S/C19H24FN3O3/c1-26-14-4-5-16-13(11-14)12-15(20)17(22-16)3-2-6-19(18(24)23-25)7-9-21-10-8-19/h4-5,11-12,21,25H,2-3,6-10H2,1H3,(H,23,24). The van der Waals surface area contributed by atoms with Gasteiger partial charge in [0.15, 0.2) is 0 Å². The Balaban J connectivity index is 1.72. The Hall–Kier alpha value is -2.25. The first-order chi connectivity index (χ1) is 12.6. The van der Waals surface area contributed by atoms with E-state index in [0.717, 1.165) is 13.1 Å². The van der Waals surface area contributed by atoms with E-state index in [-0.39, 0.29) is 11.7 Å². The zero-order chi connectivity index (χ0) is 18.6. The normalized spacial score (nSPS) is 16.4. The minimum atomic E-state index is -0.597. The molecule has 2 aromatic rings. The van der Waals surface area contributed by atoms with Gasteiger partial charge in [0.05, 0.1) is 23.7 Å². The summed E-state index contributed by atoms with van der Waals surface area (Å²) in [7, 11) is 1.57. The second-order valence-electron chi connectivity index (χ2n) is 6.80. The highest BCUT2D eigenvalue weighted by atomic mass is 19.1. The number of rotatable bonds is 6. The van der Waals surface area contributed by atoms with Crippen LogP contribution in [0.2, 0.25) is 0 Å². The van der Waals surface area contributed by atoms with Crippen molar-refractivity contribution in [2.45, 2.75) is 32.1 Å². The highest BCUT2D eigenvalue weighted by Gasteiger charge is 2.38. The Bertz CT molecular complexity index is 791. The maximum Gasteiger partial charge on any atom is 0.249 e. The summed E-state index contributed by atoms with van der Waals surface area (Å²) in [5, 5.41) is 13.0. The van der Waals surface area contributed by atoms with Crippen molar-refractivity contribution in [1.29, 1.82) is 0 Å². The molecule has 0 radical (unpaired) electrons. The maximum atomic E-state index is 14.4. The number of nitrogens with one attached hydrogen (secondary N) is 2. The lowest BCUT2D eigenvalue weighted by Crippen LogP contribution is -2.46. The monoisotopic (exact) mass is 361 g/mol. The van der Waals surface area contributed by atoms with Gasteiger partial charge in [-0.1, -0.05) is 0 Å². The molecule has 1 aromatic heterocycles. The highest BCUT2D eigenvalue weighted by molar-refractivity contribution is 5.82. The van der Waals surface area contributed by atoms with Crippen LogP contribution in [0.25, 0.3) is 10.9 Å². The molecule has 6 nitrogen and oxygen atoms in total. The molecule has 0 bridgehead atoms. The summed E-state index contributed by atoms with van der Waals surface area (Å²) in [4.78, 5) is 16.6. The molecule has 0 aliphatic carbocycles.